The van der Waals surface area contributed by atoms with Crippen LogP contribution in [0.3, 0.4) is 0 Å². The summed E-state index contributed by atoms with van der Waals surface area (Å²) in [4.78, 5) is 0. The first-order valence-corrected chi connectivity index (χ1v) is 5.29. The number of halogens is 3. The Morgan fingerprint density at radius 3 is 2.64 bits per heavy atom. The molecule has 0 aliphatic heterocycles. The van der Waals surface area contributed by atoms with E-state index in [4.69, 9.17) is 27.7 Å². The van der Waals surface area contributed by atoms with Crippen molar-refractivity contribution in [1.82, 2.24) is 5.16 Å². The number of rotatable bonds is 1. The van der Waals surface area contributed by atoms with Crippen molar-refractivity contribution in [3.05, 3.63) is 39.0 Å². The molecule has 2 nitrogen and oxygen atoms in total. The lowest BCUT2D eigenvalue weighted by atomic mass is 10.2. The maximum Gasteiger partial charge on any atom is 0.226 e. The van der Waals surface area contributed by atoms with E-state index in [1.54, 1.807) is 18.2 Å². The number of benzene rings is 1. The molecule has 0 atom stereocenters. The molecule has 0 saturated carbocycles. The van der Waals surface area contributed by atoms with Crippen molar-refractivity contribution in [2.45, 2.75) is 0 Å². The summed E-state index contributed by atoms with van der Waals surface area (Å²) in [6, 6.07) is 7.06. The standard InChI is InChI=1S/C9H4BrCl2NO/c10-7-2-1-5(11)3-6(7)8-4-9(12)14-13-8/h1-4H. The minimum Gasteiger partial charge on any atom is -0.344 e. The van der Waals surface area contributed by atoms with Crippen molar-refractivity contribution in [2.75, 3.05) is 0 Å². The van der Waals surface area contributed by atoms with Gasteiger partial charge in [-0.15, -0.1) is 0 Å². The zero-order valence-electron chi connectivity index (χ0n) is 6.80. The van der Waals surface area contributed by atoms with E-state index < -0.39 is 0 Å². The quantitative estimate of drug-likeness (QED) is 0.778. The Morgan fingerprint density at radius 1 is 1.21 bits per heavy atom. The Morgan fingerprint density at radius 2 is 2.00 bits per heavy atom. The topological polar surface area (TPSA) is 26.0 Å². The zero-order valence-corrected chi connectivity index (χ0v) is 9.90. The molecule has 1 aromatic carbocycles. The molecular formula is C9H4BrCl2NO. The highest BCUT2D eigenvalue weighted by Crippen LogP contribution is 2.31. The molecule has 0 bridgehead atoms. The van der Waals surface area contributed by atoms with Gasteiger partial charge in [-0.25, -0.2) is 0 Å². The van der Waals surface area contributed by atoms with E-state index in [9.17, 15) is 0 Å². The van der Waals surface area contributed by atoms with Crippen LogP contribution >= 0.6 is 39.1 Å². The fourth-order valence-corrected chi connectivity index (χ4v) is 1.83. The fraction of sp³-hybridized carbons (Fsp3) is 0. The summed E-state index contributed by atoms with van der Waals surface area (Å²) >= 11 is 14.9. The monoisotopic (exact) mass is 291 g/mol. The second kappa shape index (κ2) is 3.93. The molecule has 0 aliphatic carbocycles. The predicted octanol–water partition coefficient (Wildman–Crippen LogP) is 4.41. The van der Waals surface area contributed by atoms with Crippen molar-refractivity contribution in [3.63, 3.8) is 0 Å². The molecule has 0 unspecified atom stereocenters. The van der Waals surface area contributed by atoms with Gasteiger partial charge < -0.3 is 4.52 Å². The van der Waals surface area contributed by atoms with Gasteiger partial charge in [0.15, 0.2) is 0 Å². The van der Waals surface area contributed by atoms with Crippen molar-refractivity contribution in [3.8, 4) is 11.3 Å². The molecule has 2 rings (SSSR count). The first kappa shape index (κ1) is 10.0. The maximum atomic E-state index is 5.86. The highest BCUT2D eigenvalue weighted by Gasteiger charge is 2.08. The fourth-order valence-electron chi connectivity index (χ4n) is 1.07. The van der Waals surface area contributed by atoms with Gasteiger partial charge in [0.25, 0.3) is 0 Å². The summed E-state index contributed by atoms with van der Waals surface area (Å²) in [6.07, 6.45) is 0. The molecule has 0 saturated heterocycles. The average Bonchev–Trinajstić information content (AvgIpc) is 2.56. The predicted molar refractivity (Wildman–Crippen MR) is 59.7 cm³/mol. The van der Waals surface area contributed by atoms with E-state index in [0.717, 1.165) is 10.0 Å². The summed E-state index contributed by atoms with van der Waals surface area (Å²) in [5, 5.41) is 4.69. The van der Waals surface area contributed by atoms with Gasteiger partial charge in [-0.2, -0.15) is 0 Å². The number of aromatic nitrogens is 1. The lowest BCUT2D eigenvalue weighted by Crippen LogP contribution is -1.79. The largest absolute Gasteiger partial charge is 0.344 e. The van der Waals surface area contributed by atoms with Gasteiger partial charge in [0.2, 0.25) is 5.22 Å². The zero-order chi connectivity index (χ0) is 10.1. The first-order valence-electron chi connectivity index (χ1n) is 3.74. The summed E-state index contributed by atoms with van der Waals surface area (Å²) in [5.41, 5.74) is 1.51. The molecule has 2 aromatic rings. The van der Waals surface area contributed by atoms with Crippen molar-refractivity contribution in [2.24, 2.45) is 0 Å². The third kappa shape index (κ3) is 1.95. The van der Waals surface area contributed by atoms with Crippen LogP contribution in [0.5, 0.6) is 0 Å². The molecule has 0 aliphatic rings. The molecule has 0 fully saturated rings. The maximum absolute atomic E-state index is 5.86. The molecule has 0 amide bonds. The minimum atomic E-state index is 0.256. The van der Waals surface area contributed by atoms with Gasteiger partial charge in [-0.1, -0.05) is 32.7 Å². The molecular weight excluding hydrogens is 289 g/mol. The number of nitrogens with zero attached hydrogens (tertiary/aromatic N) is 1. The van der Waals surface area contributed by atoms with Crippen LogP contribution in [0.25, 0.3) is 11.3 Å². The second-order valence-electron chi connectivity index (χ2n) is 2.64. The van der Waals surface area contributed by atoms with E-state index in [2.05, 4.69) is 21.1 Å². The lowest BCUT2D eigenvalue weighted by molar-refractivity contribution is 0.424. The Labute approximate surface area is 98.9 Å². The summed E-state index contributed by atoms with van der Waals surface area (Å²) in [6.45, 7) is 0. The smallest absolute Gasteiger partial charge is 0.226 e. The van der Waals surface area contributed by atoms with Crippen LogP contribution in [-0.2, 0) is 0 Å². The van der Waals surface area contributed by atoms with Crippen molar-refractivity contribution >= 4 is 39.1 Å². The van der Waals surface area contributed by atoms with E-state index in [1.165, 1.54) is 0 Å². The van der Waals surface area contributed by atoms with Gasteiger partial charge in [0.05, 0.1) is 0 Å². The van der Waals surface area contributed by atoms with E-state index in [0.29, 0.717) is 10.7 Å². The molecule has 0 radical (unpaired) electrons. The number of hydrogen-bond donors (Lipinski definition) is 0. The van der Waals surface area contributed by atoms with Gasteiger partial charge in [0.1, 0.15) is 5.69 Å². The van der Waals surface area contributed by atoms with Crippen molar-refractivity contribution in [1.29, 1.82) is 0 Å². The van der Waals surface area contributed by atoms with Gasteiger partial charge in [0, 0.05) is 21.1 Å². The second-order valence-corrected chi connectivity index (χ2v) is 4.30. The Kier molecular flexibility index (Phi) is 2.81. The SMILES string of the molecule is Clc1ccc(Br)c(-c2cc(Cl)on2)c1. The minimum absolute atomic E-state index is 0.256. The molecule has 1 heterocycles. The molecule has 72 valence electrons. The third-order valence-corrected chi connectivity index (χ3v) is 2.79. The van der Waals surface area contributed by atoms with Crippen LogP contribution in [-0.4, -0.2) is 5.16 Å². The molecule has 1 aromatic heterocycles. The van der Waals surface area contributed by atoms with Crippen LogP contribution in [0.15, 0.2) is 33.3 Å². The molecule has 5 heteroatoms. The molecule has 14 heavy (non-hydrogen) atoms. The van der Waals surface area contributed by atoms with Crippen LogP contribution < -0.4 is 0 Å². The Hall–Kier alpha value is -0.510. The normalized spacial score (nSPS) is 10.5. The number of hydrogen-bond acceptors (Lipinski definition) is 2. The Balaban J connectivity index is 2.55. The van der Waals surface area contributed by atoms with Crippen LogP contribution in [0.2, 0.25) is 10.2 Å². The summed E-state index contributed by atoms with van der Waals surface area (Å²) in [5.74, 6) is 0. The van der Waals surface area contributed by atoms with Crippen LogP contribution in [0.1, 0.15) is 0 Å². The highest BCUT2D eigenvalue weighted by molar-refractivity contribution is 9.10. The lowest BCUT2D eigenvalue weighted by Gasteiger charge is -1.99. The molecule has 0 spiro atoms. The Bertz CT molecular complexity index is 470. The summed E-state index contributed by atoms with van der Waals surface area (Å²) < 4.78 is 5.66. The third-order valence-electron chi connectivity index (χ3n) is 1.69. The van der Waals surface area contributed by atoms with Crippen LogP contribution in [0, 0.1) is 0 Å². The van der Waals surface area contributed by atoms with Gasteiger partial charge in [-0.3, -0.25) is 0 Å². The summed E-state index contributed by atoms with van der Waals surface area (Å²) in [7, 11) is 0. The van der Waals surface area contributed by atoms with E-state index >= 15 is 0 Å². The first-order chi connectivity index (χ1) is 6.66. The average molecular weight is 293 g/mol. The van der Waals surface area contributed by atoms with Crippen molar-refractivity contribution < 1.29 is 4.52 Å². The van der Waals surface area contributed by atoms with E-state index in [1.807, 2.05) is 6.07 Å². The van der Waals surface area contributed by atoms with Crippen LogP contribution in [0.4, 0.5) is 0 Å². The van der Waals surface area contributed by atoms with Gasteiger partial charge in [-0.05, 0) is 29.8 Å². The van der Waals surface area contributed by atoms with Gasteiger partial charge >= 0.3 is 0 Å². The van der Waals surface area contributed by atoms with E-state index in [-0.39, 0.29) is 5.22 Å². The molecule has 0 N–H and O–H groups in total. The highest BCUT2D eigenvalue weighted by atomic mass is 79.9.